The van der Waals surface area contributed by atoms with Crippen molar-refractivity contribution >= 4 is 0 Å². The number of hydrogen-bond donors (Lipinski definition) is 1. The van der Waals surface area contributed by atoms with Gasteiger partial charge in [-0.2, -0.15) is 13.2 Å². The summed E-state index contributed by atoms with van der Waals surface area (Å²) in [6.07, 6.45) is -3.64. The van der Waals surface area contributed by atoms with Crippen molar-refractivity contribution in [1.82, 2.24) is 0 Å². The fraction of sp³-hybridized carbons (Fsp3) is 0.500. The van der Waals surface area contributed by atoms with Crippen molar-refractivity contribution in [1.29, 1.82) is 0 Å². The zero-order chi connectivity index (χ0) is 13.6. The normalized spacial score (nSPS) is 20.5. The lowest BCUT2D eigenvalue weighted by Gasteiger charge is -2.10. The Balaban J connectivity index is 0.00000121. The Labute approximate surface area is 98.1 Å². The lowest BCUT2D eigenvalue weighted by molar-refractivity contribution is -0.0882. The van der Waals surface area contributed by atoms with Crippen LogP contribution in [0, 0.1) is 0 Å². The van der Waals surface area contributed by atoms with Crippen LogP contribution in [0.3, 0.4) is 0 Å². The zero-order valence-corrected chi connectivity index (χ0v) is 9.98. The van der Waals surface area contributed by atoms with Gasteiger partial charge in [-0.05, 0) is 30.2 Å². The van der Waals surface area contributed by atoms with E-state index < -0.39 is 24.5 Å². The molecule has 0 aromatic rings. The van der Waals surface area contributed by atoms with Gasteiger partial charge in [0.1, 0.15) is 6.17 Å². The standard InChI is InChI=1S/C10H10F4O.C2H6/c1-6-2-3-8(10(12,13)14)4-7(5-15)9(6)11;1-2/h2-4,9,15H,5H2,1H3;1-2H3. The van der Waals surface area contributed by atoms with Crippen LogP contribution in [-0.4, -0.2) is 24.1 Å². The quantitative estimate of drug-likeness (QED) is 0.705. The first-order chi connectivity index (χ1) is 7.86. The molecule has 1 aliphatic rings. The molecule has 1 rings (SSSR count). The molecule has 5 heteroatoms. The summed E-state index contributed by atoms with van der Waals surface area (Å²) >= 11 is 0. The summed E-state index contributed by atoms with van der Waals surface area (Å²) in [4.78, 5) is 0. The van der Waals surface area contributed by atoms with E-state index in [1.807, 2.05) is 13.8 Å². The van der Waals surface area contributed by atoms with Crippen molar-refractivity contribution in [3.63, 3.8) is 0 Å². The van der Waals surface area contributed by atoms with Gasteiger partial charge in [0.05, 0.1) is 12.2 Å². The summed E-state index contributed by atoms with van der Waals surface area (Å²) in [6, 6.07) is 0. The van der Waals surface area contributed by atoms with Crippen LogP contribution in [0.15, 0.2) is 34.9 Å². The fourth-order valence-corrected chi connectivity index (χ4v) is 1.22. The maximum absolute atomic E-state index is 13.4. The molecule has 0 amide bonds. The third kappa shape index (κ3) is 4.34. The largest absolute Gasteiger partial charge is 0.416 e. The van der Waals surface area contributed by atoms with Crippen LogP contribution < -0.4 is 0 Å². The molecule has 1 N–H and O–H groups in total. The lowest BCUT2D eigenvalue weighted by atomic mass is 10.1. The molecule has 0 radical (unpaired) electrons. The van der Waals surface area contributed by atoms with Gasteiger partial charge in [-0.15, -0.1) is 0 Å². The molecule has 1 aliphatic carbocycles. The van der Waals surface area contributed by atoms with Crippen LogP contribution in [-0.2, 0) is 0 Å². The van der Waals surface area contributed by atoms with Gasteiger partial charge in [-0.3, -0.25) is 0 Å². The van der Waals surface area contributed by atoms with Crippen LogP contribution in [0.1, 0.15) is 20.8 Å². The Morgan fingerprint density at radius 3 is 2.18 bits per heavy atom. The molecule has 0 saturated carbocycles. The minimum Gasteiger partial charge on any atom is -0.392 e. The van der Waals surface area contributed by atoms with E-state index in [1.54, 1.807) is 0 Å². The van der Waals surface area contributed by atoms with Crippen molar-refractivity contribution < 1.29 is 22.7 Å². The molecule has 0 spiro atoms. The first-order valence-corrected chi connectivity index (χ1v) is 5.27. The summed E-state index contributed by atoms with van der Waals surface area (Å²) < 4.78 is 50.4. The van der Waals surface area contributed by atoms with Gasteiger partial charge >= 0.3 is 6.18 Å². The van der Waals surface area contributed by atoms with Gasteiger partial charge in [-0.25, -0.2) is 4.39 Å². The molecule has 0 bridgehead atoms. The molecular weight excluding hydrogens is 236 g/mol. The number of aliphatic hydroxyl groups excluding tert-OH is 1. The van der Waals surface area contributed by atoms with Crippen LogP contribution in [0.5, 0.6) is 0 Å². The summed E-state index contributed by atoms with van der Waals surface area (Å²) in [5, 5.41) is 8.76. The van der Waals surface area contributed by atoms with Gasteiger partial charge < -0.3 is 5.11 Å². The highest BCUT2D eigenvalue weighted by Gasteiger charge is 2.33. The van der Waals surface area contributed by atoms with Gasteiger partial charge in [0.15, 0.2) is 0 Å². The predicted molar refractivity (Wildman–Crippen MR) is 59.3 cm³/mol. The highest BCUT2D eigenvalue weighted by atomic mass is 19.4. The van der Waals surface area contributed by atoms with Crippen LogP contribution in [0.4, 0.5) is 17.6 Å². The van der Waals surface area contributed by atoms with Crippen molar-refractivity contribution in [2.75, 3.05) is 6.61 Å². The van der Waals surface area contributed by atoms with Gasteiger partial charge in [-0.1, -0.05) is 19.9 Å². The molecule has 1 atom stereocenters. The monoisotopic (exact) mass is 252 g/mol. The van der Waals surface area contributed by atoms with E-state index in [1.165, 1.54) is 6.92 Å². The number of rotatable bonds is 1. The van der Waals surface area contributed by atoms with Crippen molar-refractivity contribution in [2.45, 2.75) is 33.1 Å². The van der Waals surface area contributed by atoms with E-state index in [2.05, 4.69) is 0 Å². The average Bonchev–Trinajstić information content (AvgIpc) is 2.42. The molecule has 0 saturated heterocycles. The van der Waals surface area contributed by atoms with E-state index in [-0.39, 0.29) is 11.1 Å². The topological polar surface area (TPSA) is 20.2 Å². The highest BCUT2D eigenvalue weighted by Crippen LogP contribution is 2.31. The van der Waals surface area contributed by atoms with Crippen molar-refractivity contribution in [2.24, 2.45) is 0 Å². The molecule has 98 valence electrons. The van der Waals surface area contributed by atoms with Gasteiger partial charge in [0.25, 0.3) is 0 Å². The first kappa shape index (κ1) is 15.9. The third-order valence-electron chi connectivity index (χ3n) is 2.10. The number of hydrogen-bond acceptors (Lipinski definition) is 1. The molecule has 1 unspecified atom stereocenters. The maximum atomic E-state index is 13.4. The highest BCUT2D eigenvalue weighted by molar-refractivity contribution is 5.40. The Morgan fingerprint density at radius 1 is 1.24 bits per heavy atom. The molecule has 17 heavy (non-hydrogen) atoms. The molecule has 1 nitrogen and oxygen atoms in total. The van der Waals surface area contributed by atoms with Crippen molar-refractivity contribution in [3.05, 3.63) is 34.9 Å². The minimum atomic E-state index is -4.53. The molecular formula is C12H16F4O. The lowest BCUT2D eigenvalue weighted by Crippen LogP contribution is -2.13. The second-order valence-electron chi connectivity index (χ2n) is 3.27. The van der Waals surface area contributed by atoms with E-state index in [0.29, 0.717) is 6.08 Å². The molecule has 0 aromatic carbocycles. The third-order valence-corrected chi connectivity index (χ3v) is 2.10. The van der Waals surface area contributed by atoms with E-state index in [4.69, 9.17) is 5.11 Å². The summed E-state index contributed by atoms with van der Waals surface area (Å²) in [7, 11) is 0. The fourth-order valence-electron chi connectivity index (χ4n) is 1.22. The van der Waals surface area contributed by atoms with Gasteiger partial charge in [0, 0.05) is 0 Å². The summed E-state index contributed by atoms with van der Waals surface area (Å²) in [5.41, 5.74) is -1.08. The Morgan fingerprint density at radius 2 is 1.76 bits per heavy atom. The Bertz CT molecular complexity index is 337. The van der Waals surface area contributed by atoms with E-state index in [0.717, 1.165) is 12.2 Å². The van der Waals surface area contributed by atoms with Gasteiger partial charge in [0.2, 0.25) is 0 Å². The summed E-state index contributed by atoms with van der Waals surface area (Å²) in [5.74, 6) is 0. The maximum Gasteiger partial charge on any atom is 0.416 e. The molecule has 0 fully saturated rings. The molecule has 0 aromatic heterocycles. The Hall–Kier alpha value is -1.10. The number of alkyl halides is 4. The summed E-state index contributed by atoms with van der Waals surface area (Å²) in [6.45, 7) is 4.66. The van der Waals surface area contributed by atoms with Crippen LogP contribution >= 0.6 is 0 Å². The molecule has 0 aliphatic heterocycles. The average molecular weight is 252 g/mol. The smallest absolute Gasteiger partial charge is 0.392 e. The van der Waals surface area contributed by atoms with Crippen molar-refractivity contribution in [3.8, 4) is 0 Å². The van der Waals surface area contributed by atoms with Crippen LogP contribution in [0.2, 0.25) is 0 Å². The van der Waals surface area contributed by atoms with Crippen LogP contribution in [0.25, 0.3) is 0 Å². The predicted octanol–water partition coefficient (Wildman–Crippen LogP) is 3.72. The molecule has 0 heterocycles. The SMILES string of the molecule is CC.CC1=CC=C(C(F)(F)F)C=C(CO)C1F. The second kappa shape index (κ2) is 6.59. The van der Waals surface area contributed by atoms with E-state index in [9.17, 15) is 17.6 Å². The minimum absolute atomic E-state index is 0.148. The number of aliphatic hydroxyl groups is 1. The number of allylic oxidation sites excluding steroid dienone is 5. The Kier molecular flexibility index (Phi) is 6.16. The van der Waals surface area contributed by atoms with E-state index >= 15 is 0 Å². The second-order valence-corrected chi connectivity index (χ2v) is 3.27. The number of halogens is 4. The zero-order valence-electron chi connectivity index (χ0n) is 9.98. The first-order valence-electron chi connectivity index (χ1n) is 5.27.